The first-order valence-corrected chi connectivity index (χ1v) is 7.58. The molecule has 20 heavy (non-hydrogen) atoms. The van der Waals surface area contributed by atoms with E-state index < -0.39 is 0 Å². The summed E-state index contributed by atoms with van der Waals surface area (Å²) in [5.74, 6) is 0. The minimum Gasteiger partial charge on any atom is -0.396 e. The van der Waals surface area contributed by atoms with Gasteiger partial charge in [0.15, 0.2) is 0 Å². The smallest absolute Gasteiger partial charge is 0.0802 e. The lowest BCUT2D eigenvalue weighted by atomic mass is 10.0. The van der Waals surface area contributed by atoms with Crippen LogP contribution in [0.2, 0.25) is 0 Å². The molecule has 1 aromatic rings. The Kier molecular flexibility index (Phi) is 7.82. The summed E-state index contributed by atoms with van der Waals surface area (Å²) in [4.78, 5) is 2.25. The zero-order chi connectivity index (χ0) is 15.0. The van der Waals surface area contributed by atoms with Crippen LogP contribution in [0.15, 0.2) is 18.2 Å². The molecule has 3 heteroatoms. The fraction of sp³-hybridized carbons (Fsp3) is 0.647. The van der Waals surface area contributed by atoms with Crippen LogP contribution in [0.5, 0.6) is 0 Å². The maximum Gasteiger partial charge on any atom is 0.0802 e. The van der Waals surface area contributed by atoms with E-state index in [1.165, 1.54) is 11.1 Å². The second kappa shape index (κ2) is 9.11. The number of nitrogens with zero attached hydrogens (tertiary/aromatic N) is 1. The van der Waals surface area contributed by atoms with Gasteiger partial charge in [0.1, 0.15) is 0 Å². The van der Waals surface area contributed by atoms with Crippen molar-refractivity contribution in [2.75, 3.05) is 26.7 Å². The van der Waals surface area contributed by atoms with Gasteiger partial charge in [-0.15, -0.1) is 0 Å². The molecular formula is C17H29NO2. The van der Waals surface area contributed by atoms with Gasteiger partial charge in [0, 0.05) is 13.2 Å². The van der Waals surface area contributed by atoms with E-state index in [2.05, 4.69) is 44.0 Å². The minimum atomic E-state index is -0.381. The van der Waals surface area contributed by atoms with Gasteiger partial charge in [0.2, 0.25) is 0 Å². The van der Waals surface area contributed by atoms with E-state index >= 15 is 0 Å². The lowest BCUT2D eigenvalue weighted by molar-refractivity contribution is 0.148. The number of rotatable bonds is 9. The lowest BCUT2D eigenvalue weighted by Crippen LogP contribution is -2.22. The Balaban J connectivity index is 2.33. The Morgan fingerprint density at radius 3 is 2.25 bits per heavy atom. The predicted octanol–water partition coefficient (Wildman–Crippen LogP) is 2.82. The zero-order valence-electron chi connectivity index (χ0n) is 13.1. The number of aliphatic hydroxyl groups excluding tert-OH is 2. The van der Waals surface area contributed by atoms with Gasteiger partial charge >= 0.3 is 0 Å². The third-order valence-electron chi connectivity index (χ3n) is 3.61. The van der Waals surface area contributed by atoms with Crippen molar-refractivity contribution in [1.29, 1.82) is 0 Å². The summed E-state index contributed by atoms with van der Waals surface area (Å²) in [6.07, 6.45) is 3.45. The Hall–Kier alpha value is -0.900. The molecule has 0 aliphatic carbocycles. The fourth-order valence-electron chi connectivity index (χ4n) is 2.49. The van der Waals surface area contributed by atoms with Crippen molar-refractivity contribution in [1.82, 2.24) is 4.90 Å². The Morgan fingerprint density at radius 2 is 1.65 bits per heavy atom. The zero-order valence-corrected chi connectivity index (χ0v) is 13.1. The molecule has 0 fully saturated rings. The van der Waals surface area contributed by atoms with Crippen LogP contribution in [-0.2, 0) is 0 Å². The molecular weight excluding hydrogens is 250 g/mol. The molecule has 114 valence electrons. The second-order valence-corrected chi connectivity index (χ2v) is 5.81. The molecule has 0 amide bonds. The molecule has 1 aromatic carbocycles. The topological polar surface area (TPSA) is 43.7 Å². The maximum atomic E-state index is 10.3. The van der Waals surface area contributed by atoms with Crippen molar-refractivity contribution in [3.8, 4) is 0 Å². The third-order valence-corrected chi connectivity index (χ3v) is 3.61. The molecule has 2 N–H and O–H groups in total. The quantitative estimate of drug-likeness (QED) is 0.683. The van der Waals surface area contributed by atoms with Crippen molar-refractivity contribution in [3.05, 3.63) is 34.9 Å². The maximum absolute atomic E-state index is 10.3. The average molecular weight is 279 g/mol. The number of benzene rings is 1. The van der Waals surface area contributed by atoms with Crippen molar-refractivity contribution in [2.24, 2.45) is 0 Å². The molecule has 0 aromatic heterocycles. The number of aryl methyl sites for hydroxylation is 2. The highest BCUT2D eigenvalue weighted by Crippen LogP contribution is 2.20. The van der Waals surface area contributed by atoms with Gasteiger partial charge in [-0.3, -0.25) is 0 Å². The van der Waals surface area contributed by atoms with E-state index in [9.17, 15) is 5.11 Å². The summed E-state index contributed by atoms with van der Waals surface area (Å²) >= 11 is 0. The van der Waals surface area contributed by atoms with Gasteiger partial charge in [-0.2, -0.15) is 0 Å². The molecule has 0 bridgehead atoms. The molecule has 0 aliphatic rings. The van der Waals surface area contributed by atoms with Crippen LogP contribution in [-0.4, -0.2) is 41.9 Å². The Labute approximate surface area is 123 Å². The minimum absolute atomic E-state index is 0.287. The van der Waals surface area contributed by atoms with Crippen LogP contribution in [0.4, 0.5) is 0 Å². The van der Waals surface area contributed by atoms with Crippen LogP contribution in [0.1, 0.15) is 48.5 Å². The third kappa shape index (κ3) is 6.51. The summed E-state index contributed by atoms with van der Waals surface area (Å²) in [5.41, 5.74) is 3.43. The van der Waals surface area contributed by atoms with Gasteiger partial charge < -0.3 is 15.1 Å². The molecule has 1 rings (SSSR count). The summed E-state index contributed by atoms with van der Waals surface area (Å²) in [7, 11) is 2.09. The summed E-state index contributed by atoms with van der Waals surface area (Å²) in [5, 5.41) is 19.0. The summed E-state index contributed by atoms with van der Waals surface area (Å²) < 4.78 is 0. The van der Waals surface area contributed by atoms with Crippen LogP contribution in [0.3, 0.4) is 0 Å². The van der Waals surface area contributed by atoms with E-state index in [1.54, 1.807) is 0 Å². The van der Waals surface area contributed by atoms with Crippen LogP contribution >= 0.6 is 0 Å². The van der Waals surface area contributed by atoms with E-state index in [-0.39, 0.29) is 12.7 Å². The molecule has 0 aliphatic heterocycles. The highest BCUT2D eigenvalue weighted by Gasteiger charge is 2.09. The van der Waals surface area contributed by atoms with Gasteiger partial charge in [0.05, 0.1) is 6.10 Å². The molecule has 1 atom stereocenters. The highest BCUT2D eigenvalue weighted by molar-refractivity contribution is 5.29. The summed E-state index contributed by atoms with van der Waals surface area (Å²) in [6.45, 7) is 6.34. The average Bonchev–Trinajstić information content (AvgIpc) is 2.40. The van der Waals surface area contributed by atoms with E-state index in [0.29, 0.717) is 0 Å². The predicted molar refractivity (Wildman–Crippen MR) is 83.9 cm³/mol. The van der Waals surface area contributed by atoms with Crippen LogP contribution in [0.25, 0.3) is 0 Å². The lowest BCUT2D eigenvalue weighted by Gasteiger charge is -2.19. The van der Waals surface area contributed by atoms with Gasteiger partial charge in [-0.1, -0.05) is 29.3 Å². The van der Waals surface area contributed by atoms with Gasteiger partial charge in [-0.05, 0) is 58.7 Å². The molecule has 0 saturated carbocycles. The normalized spacial score (nSPS) is 12.9. The first kappa shape index (κ1) is 17.2. The van der Waals surface area contributed by atoms with E-state index in [4.69, 9.17) is 5.11 Å². The first-order valence-electron chi connectivity index (χ1n) is 7.58. The molecule has 3 nitrogen and oxygen atoms in total. The van der Waals surface area contributed by atoms with E-state index in [1.807, 2.05) is 0 Å². The fourth-order valence-corrected chi connectivity index (χ4v) is 2.49. The molecule has 0 radical (unpaired) electrons. The number of hydrogen-bond acceptors (Lipinski definition) is 3. The molecule has 1 unspecified atom stereocenters. The van der Waals surface area contributed by atoms with Crippen molar-refractivity contribution in [2.45, 2.75) is 45.6 Å². The molecule has 0 heterocycles. The van der Waals surface area contributed by atoms with Crippen molar-refractivity contribution >= 4 is 0 Å². The standard InChI is InChI=1S/C17H29NO2/c1-14-11-15(2)13-16(12-14)17(20)7-9-18(3)8-5-4-6-10-19/h11-13,17,19-20H,4-10H2,1-3H3. The van der Waals surface area contributed by atoms with Crippen molar-refractivity contribution in [3.63, 3.8) is 0 Å². The molecule has 0 saturated heterocycles. The number of hydrogen-bond donors (Lipinski definition) is 2. The Morgan fingerprint density at radius 1 is 1.00 bits per heavy atom. The SMILES string of the molecule is Cc1cc(C)cc(C(O)CCN(C)CCCCCO)c1. The highest BCUT2D eigenvalue weighted by atomic mass is 16.3. The van der Waals surface area contributed by atoms with E-state index in [0.717, 1.165) is 44.3 Å². The van der Waals surface area contributed by atoms with Crippen molar-refractivity contribution < 1.29 is 10.2 Å². The Bertz CT molecular complexity index is 372. The van der Waals surface area contributed by atoms with Crippen LogP contribution < -0.4 is 0 Å². The number of unbranched alkanes of at least 4 members (excludes halogenated alkanes) is 2. The molecule has 0 spiro atoms. The van der Waals surface area contributed by atoms with Gasteiger partial charge in [-0.25, -0.2) is 0 Å². The van der Waals surface area contributed by atoms with Gasteiger partial charge in [0.25, 0.3) is 0 Å². The number of aliphatic hydroxyl groups is 2. The summed E-state index contributed by atoms with van der Waals surface area (Å²) in [6, 6.07) is 6.27. The monoisotopic (exact) mass is 279 g/mol. The largest absolute Gasteiger partial charge is 0.396 e. The second-order valence-electron chi connectivity index (χ2n) is 5.81. The van der Waals surface area contributed by atoms with Crippen LogP contribution in [0, 0.1) is 13.8 Å². The first-order chi connectivity index (χ1) is 9.52.